The number of hydrogen-bond acceptors (Lipinski definition) is 5. The highest BCUT2D eigenvalue weighted by atomic mass is 35.5. The van der Waals surface area contributed by atoms with E-state index in [1.54, 1.807) is 21.9 Å². The molecule has 0 spiro atoms. The lowest BCUT2D eigenvalue weighted by Gasteiger charge is -2.35. The summed E-state index contributed by atoms with van der Waals surface area (Å²) in [5.74, 6) is 0.932. The van der Waals surface area contributed by atoms with Gasteiger partial charge in [0.25, 0.3) is 0 Å². The minimum atomic E-state index is -0.288. The molecule has 2 aromatic carbocycles. The van der Waals surface area contributed by atoms with E-state index in [1.807, 2.05) is 42.5 Å². The Bertz CT molecular complexity index is 1140. The van der Waals surface area contributed by atoms with Gasteiger partial charge in [0.1, 0.15) is 12.6 Å². The number of rotatable bonds is 7. The van der Waals surface area contributed by atoms with Crippen molar-refractivity contribution in [3.8, 4) is 11.4 Å². The summed E-state index contributed by atoms with van der Waals surface area (Å²) in [6.07, 6.45) is 4.45. The zero-order valence-corrected chi connectivity index (χ0v) is 19.7. The molecule has 5 rings (SSSR count). The van der Waals surface area contributed by atoms with Crippen LogP contribution in [0.1, 0.15) is 49.6 Å². The third-order valence-corrected chi connectivity index (χ3v) is 6.68. The van der Waals surface area contributed by atoms with E-state index >= 15 is 0 Å². The first-order valence-electron chi connectivity index (χ1n) is 11.8. The number of benzene rings is 2. The van der Waals surface area contributed by atoms with Gasteiger partial charge in [-0.05, 0) is 61.9 Å². The second kappa shape index (κ2) is 9.97. The van der Waals surface area contributed by atoms with Gasteiger partial charge in [-0.3, -0.25) is 9.59 Å². The van der Waals surface area contributed by atoms with E-state index in [0.717, 1.165) is 43.2 Å². The number of halogens is 1. The van der Waals surface area contributed by atoms with Crippen LogP contribution in [0.3, 0.4) is 0 Å². The first-order valence-corrected chi connectivity index (χ1v) is 12.2. The molecule has 34 heavy (non-hydrogen) atoms. The largest absolute Gasteiger partial charge is 0.337 e. The molecule has 0 radical (unpaired) electrons. The molecular formula is C26H27ClN4O3. The van der Waals surface area contributed by atoms with E-state index in [4.69, 9.17) is 16.1 Å². The highest BCUT2D eigenvalue weighted by Gasteiger charge is 2.37. The smallest absolute Gasteiger partial charge is 0.249 e. The van der Waals surface area contributed by atoms with Crippen molar-refractivity contribution in [1.82, 2.24) is 19.9 Å². The molecule has 2 amide bonds. The van der Waals surface area contributed by atoms with Crippen molar-refractivity contribution < 1.29 is 14.1 Å². The van der Waals surface area contributed by atoms with Gasteiger partial charge in [0, 0.05) is 29.6 Å². The summed E-state index contributed by atoms with van der Waals surface area (Å²) in [6.45, 7) is 1.10. The summed E-state index contributed by atoms with van der Waals surface area (Å²) in [4.78, 5) is 34.5. The van der Waals surface area contributed by atoms with Gasteiger partial charge in [-0.25, -0.2) is 0 Å². The van der Waals surface area contributed by atoms with Crippen molar-refractivity contribution >= 4 is 23.4 Å². The standard InChI is InChI=1S/C26H27ClN4O3/c27-21-13-11-19(12-14-21)24-28-25(34-29-24)22-8-4-5-15-31(22)23(32)17-30(26(33)20-9-10-20)16-18-6-2-1-3-7-18/h1-3,6-7,11-14,20,22H,4-5,8-10,15-17H2. The number of aromatic nitrogens is 2. The van der Waals surface area contributed by atoms with Crippen molar-refractivity contribution in [2.45, 2.75) is 44.7 Å². The zero-order valence-electron chi connectivity index (χ0n) is 18.9. The average molecular weight is 479 g/mol. The first kappa shape index (κ1) is 22.6. The second-order valence-electron chi connectivity index (χ2n) is 9.02. The highest BCUT2D eigenvalue weighted by molar-refractivity contribution is 6.30. The predicted octanol–water partition coefficient (Wildman–Crippen LogP) is 4.88. The van der Waals surface area contributed by atoms with Crippen molar-refractivity contribution in [1.29, 1.82) is 0 Å². The minimum Gasteiger partial charge on any atom is -0.337 e. The molecule has 1 aromatic heterocycles. The molecule has 7 nitrogen and oxygen atoms in total. The summed E-state index contributed by atoms with van der Waals surface area (Å²) >= 11 is 5.98. The van der Waals surface area contributed by atoms with Crippen LogP contribution < -0.4 is 0 Å². The zero-order chi connectivity index (χ0) is 23.5. The number of carbonyl (C=O) groups is 2. The molecule has 2 heterocycles. The van der Waals surface area contributed by atoms with Crippen molar-refractivity contribution in [3.05, 3.63) is 71.1 Å². The molecule has 176 valence electrons. The normalized spacial score (nSPS) is 18.0. The number of carbonyl (C=O) groups excluding carboxylic acids is 2. The fourth-order valence-electron chi connectivity index (χ4n) is 4.43. The first-order chi connectivity index (χ1) is 16.6. The fraction of sp³-hybridized carbons (Fsp3) is 0.385. The Morgan fingerprint density at radius 3 is 2.53 bits per heavy atom. The van der Waals surface area contributed by atoms with E-state index < -0.39 is 0 Å². The molecular weight excluding hydrogens is 452 g/mol. The fourth-order valence-corrected chi connectivity index (χ4v) is 4.56. The molecule has 1 aliphatic carbocycles. The van der Waals surface area contributed by atoms with Gasteiger partial charge in [0.15, 0.2) is 0 Å². The van der Waals surface area contributed by atoms with Crippen LogP contribution in [0.2, 0.25) is 5.02 Å². The molecule has 1 saturated carbocycles. The van der Waals surface area contributed by atoms with Crippen LogP contribution in [-0.4, -0.2) is 44.8 Å². The average Bonchev–Trinajstić information content (AvgIpc) is 3.60. The molecule has 1 atom stereocenters. The SMILES string of the molecule is O=C(C1CC1)N(CC(=O)N1CCCCC1c1nc(-c2ccc(Cl)cc2)no1)Cc1ccccc1. The van der Waals surface area contributed by atoms with E-state index in [1.165, 1.54) is 0 Å². The molecule has 8 heteroatoms. The summed E-state index contributed by atoms with van der Waals surface area (Å²) in [5, 5.41) is 4.77. The number of amides is 2. The number of hydrogen-bond donors (Lipinski definition) is 0. The second-order valence-corrected chi connectivity index (χ2v) is 9.45. The van der Waals surface area contributed by atoms with Crippen LogP contribution >= 0.6 is 11.6 Å². The Balaban J connectivity index is 1.33. The monoisotopic (exact) mass is 478 g/mol. The lowest BCUT2D eigenvalue weighted by atomic mass is 10.0. The van der Waals surface area contributed by atoms with Gasteiger partial charge in [0.05, 0.1) is 0 Å². The van der Waals surface area contributed by atoms with Gasteiger partial charge < -0.3 is 14.3 Å². The number of likely N-dealkylation sites (tertiary alicyclic amines) is 1. The molecule has 0 bridgehead atoms. The summed E-state index contributed by atoms with van der Waals surface area (Å²) in [6, 6.07) is 16.8. The maximum absolute atomic E-state index is 13.5. The van der Waals surface area contributed by atoms with E-state index in [9.17, 15) is 9.59 Å². The Kier molecular flexibility index (Phi) is 6.63. The van der Waals surface area contributed by atoms with Gasteiger partial charge >= 0.3 is 0 Å². The van der Waals surface area contributed by atoms with Crippen molar-refractivity contribution in [2.24, 2.45) is 5.92 Å². The van der Waals surface area contributed by atoms with Crippen LogP contribution in [0, 0.1) is 5.92 Å². The molecule has 2 fully saturated rings. The van der Waals surface area contributed by atoms with Gasteiger partial charge in [-0.2, -0.15) is 4.98 Å². The summed E-state index contributed by atoms with van der Waals surface area (Å²) in [5.41, 5.74) is 1.82. The van der Waals surface area contributed by atoms with Crippen LogP contribution in [0.25, 0.3) is 11.4 Å². The quantitative estimate of drug-likeness (QED) is 0.483. The lowest BCUT2D eigenvalue weighted by molar-refractivity contribution is -0.144. The minimum absolute atomic E-state index is 0.0477. The Morgan fingerprint density at radius 2 is 1.79 bits per heavy atom. The topological polar surface area (TPSA) is 79.5 Å². The Morgan fingerprint density at radius 1 is 1.03 bits per heavy atom. The third-order valence-electron chi connectivity index (χ3n) is 6.43. The Hall–Kier alpha value is -3.19. The number of piperidine rings is 1. The van der Waals surface area contributed by atoms with E-state index in [-0.39, 0.29) is 30.3 Å². The molecule has 2 aliphatic rings. The van der Waals surface area contributed by atoms with E-state index in [2.05, 4.69) is 10.1 Å². The Labute approximate surface area is 203 Å². The van der Waals surface area contributed by atoms with Crippen LogP contribution in [0.4, 0.5) is 0 Å². The molecule has 3 aromatic rings. The third kappa shape index (κ3) is 5.14. The molecule has 0 N–H and O–H groups in total. The summed E-state index contributed by atoms with van der Waals surface area (Å²) in [7, 11) is 0. The van der Waals surface area contributed by atoms with Crippen molar-refractivity contribution in [2.75, 3.05) is 13.1 Å². The van der Waals surface area contributed by atoms with Crippen molar-refractivity contribution in [3.63, 3.8) is 0 Å². The maximum Gasteiger partial charge on any atom is 0.249 e. The predicted molar refractivity (Wildman–Crippen MR) is 128 cm³/mol. The highest BCUT2D eigenvalue weighted by Crippen LogP contribution is 2.33. The molecule has 1 saturated heterocycles. The van der Waals surface area contributed by atoms with Crippen LogP contribution in [-0.2, 0) is 16.1 Å². The van der Waals surface area contributed by atoms with Crippen LogP contribution in [0.5, 0.6) is 0 Å². The lowest BCUT2D eigenvalue weighted by Crippen LogP contribution is -2.46. The maximum atomic E-state index is 13.5. The van der Waals surface area contributed by atoms with E-state index in [0.29, 0.717) is 29.8 Å². The molecule has 1 aliphatic heterocycles. The van der Waals surface area contributed by atoms with Gasteiger partial charge in [-0.15, -0.1) is 0 Å². The number of nitrogens with zero attached hydrogens (tertiary/aromatic N) is 4. The van der Waals surface area contributed by atoms with Crippen LogP contribution in [0.15, 0.2) is 59.1 Å². The van der Waals surface area contributed by atoms with Gasteiger partial charge in [0.2, 0.25) is 23.5 Å². The summed E-state index contributed by atoms with van der Waals surface area (Å²) < 4.78 is 5.60. The van der Waals surface area contributed by atoms with Gasteiger partial charge in [-0.1, -0.05) is 47.1 Å². The molecule has 1 unspecified atom stereocenters.